The van der Waals surface area contributed by atoms with Gasteiger partial charge in [0.1, 0.15) is 13.2 Å². The lowest BCUT2D eigenvalue weighted by Crippen LogP contribution is -2.17. The summed E-state index contributed by atoms with van der Waals surface area (Å²) in [6, 6.07) is 11.3. The van der Waals surface area contributed by atoms with Crippen LogP contribution in [0, 0.1) is 13.8 Å². The number of rotatable bonds is 2. The zero-order valence-electron chi connectivity index (χ0n) is 12.1. The van der Waals surface area contributed by atoms with Crippen LogP contribution in [0.2, 0.25) is 0 Å². The summed E-state index contributed by atoms with van der Waals surface area (Å²) >= 11 is 0. The van der Waals surface area contributed by atoms with Crippen molar-refractivity contribution in [3.8, 4) is 11.5 Å². The predicted molar refractivity (Wildman–Crippen MR) is 81.3 cm³/mol. The van der Waals surface area contributed by atoms with Gasteiger partial charge in [-0.3, -0.25) is 4.79 Å². The molecule has 0 aromatic heterocycles. The van der Waals surface area contributed by atoms with Gasteiger partial charge in [-0.15, -0.1) is 0 Å². The zero-order valence-corrected chi connectivity index (χ0v) is 12.1. The number of anilines is 1. The summed E-state index contributed by atoms with van der Waals surface area (Å²) in [4.78, 5) is 12.4. The molecule has 1 aliphatic heterocycles. The molecule has 3 rings (SSSR count). The van der Waals surface area contributed by atoms with E-state index in [0.717, 1.165) is 11.1 Å². The molecule has 0 atom stereocenters. The van der Waals surface area contributed by atoms with Gasteiger partial charge in [0.15, 0.2) is 11.5 Å². The zero-order chi connectivity index (χ0) is 14.8. The third kappa shape index (κ3) is 2.84. The van der Waals surface area contributed by atoms with E-state index >= 15 is 0 Å². The largest absolute Gasteiger partial charge is 0.486 e. The first-order valence-electron chi connectivity index (χ1n) is 6.92. The van der Waals surface area contributed by atoms with Crippen LogP contribution in [-0.2, 0) is 0 Å². The Morgan fingerprint density at radius 1 is 1.00 bits per heavy atom. The van der Waals surface area contributed by atoms with Crippen molar-refractivity contribution in [3.05, 3.63) is 53.1 Å². The van der Waals surface area contributed by atoms with Crippen LogP contribution in [0.4, 0.5) is 5.69 Å². The van der Waals surface area contributed by atoms with Crippen LogP contribution >= 0.6 is 0 Å². The maximum Gasteiger partial charge on any atom is 0.255 e. The average molecular weight is 283 g/mol. The van der Waals surface area contributed by atoms with E-state index in [2.05, 4.69) is 5.32 Å². The molecular formula is C17H17NO3. The Morgan fingerprint density at radius 2 is 1.76 bits per heavy atom. The first-order valence-corrected chi connectivity index (χ1v) is 6.92. The summed E-state index contributed by atoms with van der Waals surface area (Å²) in [7, 11) is 0. The highest BCUT2D eigenvalue weighted by atomic mass is 16.6. The van der Waals surface area contributed by atoms with Crippen LogP contribution < -0.4 is 14.8 Å². The number of benzene rings is 2. The highest BCUT2D eigenvalue weighted by molar-refractivity contribution is 6.05. The number of hydrogen-bond acceptors (Lipinski definition) is 3. The van der Waals surface area contributed by atoms with E-state index in [0.29, 0.717) is 36.0 Å². The molecule has 1 amide bonds. The van der Waals surface area contributed by atoms with Gasteiger partial charge in [-0.1, -0.05) is 17.7 Å². The first-order chi connectivity index (χ1) is 10.1. The molecule has 0 bridgehead atoms. The molecule has 0 fully saturated rings. The minimum absolute atomic E-state index is 0.118. The van der Waals surface area contributed by atoms with E-state index in [1.807, 2.05) is 44.2 Å². The number of nitrogens with one attached hydrogen (secondary N) is 1. The van der Waals surface area contributed by atoms with Gasteiger partial charge >= 0.3 is 0 Å². The van der Waals surface area contributed by atoms with Crippen molar-refractivity contribution in [2.24, 2.45) is 0 Å². The molecule has 2 aromatic rings. The maximum atomic E-state index is 12.4. The number of aryl methyl sites for hydroxylation is 2. The molecule has 0 unspecified atom stereocenters. The highest BCUT2D eigenvalue weighted by Crippen LogP contribution is 2.32. The van der Waals surface area contributed by atoms with Crippen LogP contribution in [0.3, 0.4) is 0 Å². The Labute approximate surface area is 123 Å². The molecule has 108 valence electrons. The highest BCUT2D eigenvalue weighted by Gasteiger charge is 2.14. The molecule has 4 nitrogen and oxygen atoms in total. The van der Waals surface area contributed by atoms with Crippen LogP contribution in [0.5, 0.6) is 11.5 Å². The number of carbonyl (C=O) groups is 1. The summed E-state index contributed by atoms with van der Waals surface area (Å²) in [5.41, 5.74) is 3.40. The van der Waals surface area contributed by atoms with Crippen LogP contribution in [-0.4, -0.2) is 19.1 Å². The van der Waals surface area contributed by atoms with Crippen molar-refractivity contribution in [3.63, 3.8) is 0 Å². The molecule has 21 heavy (non-hydrogen) atoms. The first kappa shape index (κ1) is 13.5. The molecule has 0 aliphatic carbocycles. The standard InChI is InChI=1S/C17H17NO3/c1-11-3-4-12(2)14(9-11)17(19)18-13-5-6-15-16(10-13)21-8-7-20-15/h3-6,9-10H,7-8H2,1-2H3,(H,18,19). The minimum Gasteiger partial charge on any atom is -0.486 e. The van der Waals surface area contributed by atoms with Gasteiger partial charge < -0.3 is 14.8 Å². The number of fused-ring (bicyclic) bond motifs is 1. The summed E-state index contributed by atoms with van der Waals surface area (Å²) in [6.07, 6.45) is 0. The van der Waals surface area contributed by atoms with E-state index in [9.17, 15) is 4.79 Å². The molecule has 1 heterocycles. The van der Waals surface area contributed by atoms with Gasteiger partial charge in [0.05, 0.1) is 0 Å². The topological polar surface area (TPSA) is 47.6 Å². The molecule has 0 saturated heterocycles. The van der Waals surface area contributed by atoms with Crippen LogP contribution in [0.25, 0.3) is 0 Å². The molecular weight excluding hydrogens is 266 g/mol. The SMILES string of the molecule is Cc1ccc(C)c(C(=O)Nc2ccc3c(c2)OCCO3)c1. The van der Waals surface area contributed by atoms with Crippen molar-refractivity contribution in [2.75, 3.05) is 18.5 Å². The Kier molecular flexibility index (Phi) is 3.52. The van der Waals surface area contributed by atoms with E-state index in [1.165, 1.54) is 0 Å². The van der Waals surface area contributed by atoms with E-state index in [4.69, 9.17) is 9.47 Å². The van der Waals surface area contributed by atoms with Gasteiger partial charge in [-0.25, -0.2) is 0 Å². The Hall–Kier alpha value is -2.49. The van der Waals surface area contributed by atoms with Gasteiger partial charge in [0.2, 0.25) is 0 Å². The molecule has 0 radical (unpaired) electrons. The smallest absolute Gasteiger partial charge is 0.255 e. The lowest BCUT2D eigenvalue weighted by molar-refractivity contribution is 0.102. The number of ether oxygens (including phenoxy) is 2. The quantitative estimate of drug-likeness (QED) is 0.919. The van der Waals surface area contributed by atoms with Gasteiger partial charge in [0, 0.05) is 17.3 Å². The Balaban J connectivity index is 1.83. The van der Waals surface area contributed by atoms with Crippen molar-refractivity contribution in [1.29, 1.82) is 0 Å². The second-order valence-electron chi connectivity index (χ2n) is 5.13. The molecule has 0 spiro atoms. The maximum absolute atomic E-state index is 12.4. The fourth-order valence-corrected chi connectivity index (χ4v) is 2.30. The predicted octanol–water partition coefficient (Wildman–Crippen LogP) is 3.33. The number of amides is 1. The van der Waals surface area contributed by atoms with E-state index in [-0.39, 0.29) is 5.91 Å². The normalized spacial score (nSPS) is 12.9. The van der Waals surface area contributed by atoms with Crippen molar-refractivity contribution in [2.45, 2.75) is 13.8 Å². The summed E-state index contributed by atoms with van der Waals surface area (Å²) in [6.45, 7) is 4.99. The summed E-state index contributed by atoms with van der Waals surface area (Å²) in [5, 5.41) is 2.90. The summed E-state index contributed by atoms with van der Waals surface area (Å²) < 4.78 is 11.0. The number of carbonyl (C=O) groups excluding carboxylic acids is 1. The van der Waals surface area contributed by atoms with Crippen LogP contribution in [0.15, 0.2) is 36.4 Å². The molecule has 2 aromatic carbocycles. The van der Waals surface area contributed by atoms with Crippen molar-refractivity contribution < 1.29 is 14.3 Å². The van der Waals surface area contributed by atoms with Crippen molar-refractivity contribution in [1.82, 2.24) is 0 Å². The van der Waals surface area contributed by atoms with Gasteiger partial charge in [0.25, 0.3) is 5.91 Å². The molecule has 0 saturated carbocycles. The second-order valence-corrected chi connectivity index (χ2v) is 5.13. The Bertz CT molecular complexity index is 694. The number of hydrogen-bond donors (Lipinski definition) is 1. The van der Waals surface area contributed by atoms with Crippen molar-refractivity contribution >= 4 is 11.6 Å². The third-order valence-electron chi connectivity index (χ3n) is 3.44. The lowest BCUT2D eigenvalue weighted by atomic mass is 10.0. The fourth-order valence-electron chi connectivity index (χ4n) is 2.30. The second kappa shape index (κ2) is 5.48. The van der Waals surface area contributed by atoms with Gasteiger partial charge in [-0.2, -0.15) is 0 Å². The van der Waals surface area contributed by atoms with E-state index < -0.39 is 0 Å². The minimum atomic E-state index is -0.118. The third-order valence-corrected chi connectivity index (χ3v) is 3.44. The average Bonchev–Trinajstić information content (AvgIpc) is 2.49. The monoisotopic (exact) mass is 283 g/mol. The molecule has 1 N–H and O–H groups in total. The Morgan fingerprint density at radius 3 is 2.57 bits per heavy atom. The van der Waals surface area contributed by atoms with Gasteiger partial charge in [-0.05, 0) is 37.6 Å². The van der Waals surface area contributed by atoms with Crippen LogP contribution in [0.1, 0.15) is 21.5 Å². The molecule has 1 aliphatic rings. The van der Waals surface area contributed by atoms with E-state index in [1.54, 1.807) is 6.07 Å². The molecule has 4 heteroatoms. The summed E-state index contributed by atoms with van der Waals surface area (Å²) in [5.74, 6) is 1.26. The lowest BCUT2D eigenvalue weighted by Gasteiger charge is -2.19. The fraction of sp³-hybridized carbons (Fsp3) is 0.235.